The average Bonchev–Trinajstić information content (AvgIpc) is 2.96. The van der Waals surface area contributed by atoms with E-state index in [1.165, 1.54) is 11.1 Å². The third-order valence-corrected chi connectivity index (χ3v) is 3.94. The number of rotatable bonds is 8. The van der Waals surface area contributed by atoms with Gasteiger partial charge in [-0.15, -0.1) is 0 Å². The third kappa shape index (κ3) is 5.15. The zero-order chi connectivity index (χ0) is 14.2. The van der Waals surface area contributed by atoms with E-state index < -0.39 is 5.97 Å². The lowest BCUT2D eigenvalue weighted by Crippen LogP contribution is -2.31. The Morgan fingerprint density at radius 1 is 1.20 bits per heavy atom. The van der Waals surface area contributed by atoms with Gasteiger partial charge < -0.3 is 10.4 Å². The molecule has 0 amide bonds. The monoisotopic (exact) mass is 289 g/mol. The molecule has 2 aromatic rings. The van der Waals surface area contributed by atoms with Gasteiger partial charge in [0.25, 0.3) is 0 Å². The molecular formula is C16H19NO2S. The van der Waals surface area contributed by atoms with Gasteiger partial charge in [0.1, 0.15) is 0 Å². The minimum absolute atomic E-state index is 0.188. The van der Waals surface area contributed by atoms with Crippen LogP contribution in [0.1, 0.15) is 24.0 Å². The molecule has 0 radical (unpaired) electrons. The fourth-order valence-corrected chi connectivity index (χ4v) is 2.80. The highest BCUT2D eigenvalue weighted by Crippen LogP contribution is 2.10. The molecule has 0 aliphatic rings. The van der Waals surface area contributed by atoms with E-state index in [1.54, 1.807) is 11.3 Å². The molecule has 0 aliphatic heterocycles. The number of thiophene rings is 1. The molecule has 4 heteroatoms. The predicted octanol–water partition coefficient (Wildman–Crippen LogP) is 3.31. The van der Waals surface area contributed by atoms with E-state index in [9.17, 15) is 4.79 Å². The van der Waals surface area contributed by atoms with E-state index in [0.29, 0.717) is 6.42 Å². The lowest BCUT2D eigenvalue weighted by molar-refractivity contribution is -0.137. The number of benzene rings is 1. The van der Waals surface area contributed by atoms with Crippen molar-refractivity contribution >= 4 is 17.3 Å². The van der Waals surface area contributed by atoms with Crippen LogP contribution in [0.25, 0.3) is 0 Å². The number of aliphatic carboxylic acids is 1. The van der Waals surface area contributed by atoms with Crippen LogP contribution >= 0.6 is 11.3 Å². The summed E-state index contributed by atoms with van der Waals surface area (Å²) in [6.45, 7) is 0.792. The molecule has 0 spiro atoms. The molecule has 1 aromatic carbocycles. The highest BCUT2D eigenvalue weighted by Gasteiger charge is 2.11. The van der Waals surface area contributed by atoms with Crippen molar-refractivity contribution in [3.63, 3.8) is 0 Å². The summed E-state index contributed by atoms with van der Waals surface area (Å²) in [6, 6.07) is 12.5. The smallest absolute Gasteiger partial charge is 0.303 e. The number of carboxylic acid groups (broad SMARTS) is 1. The van der Waals surface area contributed by atoms with E-state index in [-0.39, 0.29) is 12.5 Å². The summed E-state index contributed by atoms with van der Waals surface area (Å²) >= 11 is 1.68. The molecule has 0 saturated heterocycles. The Morgan fingerprint density at radius 3 is 2.65 bits per heavy atom. The molecule has 1 aromatic heterocycles. The van der Waals surface area contributed by atoms with Gasteiger partial charge in [-0.05, 0) is 40.8 Å². The fraction of sp³-hybridized carbons (Fsp3) is 0.312. The summed E-state index contributed by atoms with van der Waals surface area (Å²) in [7, 11) is 0. The maximum absolute atomic E-state index is 10.8. The summed E-state index contributed by atoms with van der Waals surface area (Å²) in [5.41, 5.74) is 2.49. The van der Waals surface area contributed by atoms with Gasteiger partial charge in [-0.3, -0.25) is 4.79 Å². The van der Waals surface area contributed by atoms with Crippen molar-refractivity contribution in [1.29, 1.82) is 0 Å². The van der Waals surface area contributed by atoms with Crippen LogP contribution in [-0.2, 0) is 17.8 Å². The fourth-order valence-electron chi connectivity index (χ4n) is 2.13. The maximum atomic E-state index is 10.8. The predicted molar refractivity (Wildman–Crippen MR) is 82.0 cm³/mol. The van der Waals surface area contributed by atoms with E-state index >= 15 is 0 Å². The second-order valence-corrected chi connectivity index (χ2v) is 5.61. The molecule has 2 N–H and O–H groups in total. The van der Waals surface area contributed by atoms with Crippen molar-refractivity contribution in [1.82, 2.24) is 5.32 Å². The first kappa shape index (κ1) is 14.8. The van der Waals surface area contributed by atoms with Gasteiger partial charge in [-0.1, -0.05) is 30.3 Å². The van der Waals surface area contributed by atoms with Crippen molar-refractivity contribution < 1.29 is 9.90 Å². The molecule has 1 unspecified atom stereocenters. The van der Waals surface area contributed by atoms with Crippen molar-refractivity contribution in [2.75, 3.05) is 0 Å². The highest BCUT2D eigenvalue weighted by atomic mass is 32.1. The lowest BCUT2D eigenvalue weighted by atomic mass is 10.0. The molecule has 1 atom stereocenters. The van der Waals surface area contributed by atoms with Crippen molar-refractivity contribution in [2.45, 2.75) is 31.8 Å². The van der Waals surface area contributed by atoms with E-state index in [1.807, 2.05) is 18.2 Å². The topological polar surface area (TPSA) is 49.3 Å². The van der Waals surface area contributed by atoms with Gasteiger partial charge >= 0.3 is 5.97 Å². The Kier molecular flexibility index (Phi) is 5.77. The molecule has 1 heterocycles. The zero-order valence-corrected chi connectivity index (χ0v) is 12.1. The quantitative estimate of drug-likeness (QED) is 0.784. The first-order valence-electron chi connectivity index (χ1n) is 6.74. The van der Waals surface area contributed by atoms with Crippen molar-refractivity contribution in [3.8, 4) is 0 Å². The molecule has 0 fully saturated rings. The summed E-state index contributed by atoms with van der Waals surface area (Å²) < 4.78 is 0. The van der Waals surface area contributed by atoms with Gasteiger partial charge in [-0.2, -0.15) is 11.3 Å². The molecule has 0 saturated carbocycles. The van der Waals surface area contributed by atoms with Crippen LogP contribution in [0.3, 0.4) is 0 Å². The minimum atomic E-state index is -0.736. The SMILES string of the molecule is O=C(O)CCC(Cc1ccccc1)NCc1ccsc1. The third-order valence-electron chi connectivity index (χ3n) is 3.21. The molecule has 0 aliphatic carbocycles. The van der Waals surface area contributed by atoms with Gasteiger partial charge in [0, 0.05) is 19.0 Å². The zero-order valence-electron chi connectivity index (χ0n) is 11.3. The Bertz CT molecular complexity index is 511. The Labute approximate surface area is 123 Å². The summed E-state index contributed by atoms with van der Waals surface area (Å²) in [5.74, 6) is -0.736. The lowest BCUT2D eigenvalue weighted by Gasteiger charge is -2.18. The Hall–Kier alpha value is -1.65. The molecule has 3 nitrogen and oxygen atoms in total. The van der Waals surface area contributed by atoms with E-state index in [2.05, 4.69) is 34.3 Å². The molecule has 2 rings (SSSR count). The Balaban J connectivity index is 1.91. The van der Waals surface area contributed by atoms with Crippen LogP contribution in [-0.4, -0.2) is 17.1 Å². The average molecular weight is 289 g/mol. The summed E-state index contributed by atoms with van der Waals surface area (Å²) in [6.07, 6.45) is 1.71. The maximum Gasteiger partial charge on any atom is 0.303 e. The first-order valence-corrected chi connectivity index (χ1v) is 7.68. The highest BCUT2D eigenvalue weighted by molar-refractivity contribution is 7.07. The Morgan fingerprint density at radius 2 is 2.00 bits per heavy atom. The molecule has 106 valence electrons. The van der Waals surface area contributed by atoms with Crippen LogP contribution in [0.5, 0.6) is 0 Å². The molecular weight excluding hydrogens is 270 g/mol. The largest absolute Gasteiger partial charge is 0.481 e. The number of carbonyl (C=O) groups is 1. The van der Waals surface area contributed by atoms with Crippen LogP contribution in [0.2, 0.25) is 0 Å². The summed E-state index contributed by atoms with van der Waals surface area (Å²) in [4.78, 5) is 10.8. The van der Waals surface area contributed by atoms with Crippen molar-refractivity contribution in [3.05, 3.63) is 58.3 Å². The van der Waals surface area contributed by atoms with Gasteiger partial charge in [0.2, 0.25) is 0 Å². The normalized spacial score (nSPS) is 12.2. The number of nitrogens with one attached hydrogen (secondary N) is 1. The second-order valence-electron chi connectivity index (χ2n) is 4.83. The van der Waals surface area contributed by atoms with Crippen molar-refractivity contribution in [2.24, 2.45) is 0 Å². The minimum Gasteiger partial charge on any atom is -0.481 e. The van der Waals surface area contributed by atoms with Gasteiger partial charge in [0.05, 0.1) is 0 Å². The second kappa shape index (κ2) is 7.82. The number of carboxylic acids is 1. The number of hydrogen-bond donors (Lipinski definition) is 2. The summed E-state index contributed by atoms with van der Waals surface area (Å²) in [5, 5.41) is 16.5. The van der Waals surface area contributed by atoms with Gasteiger partial charge in [-0.25, -0.2) is 0 Å². The van der Waals surface area contributed by atoms with Crippen LogP contribution in [0.15, 0.2) is 47.2 Å². The van der Waals surface area contributed by atoms with Crippen LogP contribution in [0, 0.1) is 0 Å². The standard InChI is InChI=1S/C16H19NO2S/c18-16(19)7-6-15(10-13-4-2-1-3-5-13)17-11-14-8-9-20-12-14/h1-5,8-9,12,15,17H,6-7,10-11H2,(H,18,19). The molecule has 20 heavy (non-hydrogen) atoms. The van der Waals surface area contributed by atoms with Gasteiger partial charge in [0.15, 0.2) is 0 Å². The van der Waals surface area contributed by atoms with Crippen LogP contribution < -0.4 is 5.32 Å². The van der Waals surface area contributed by atoms with E-state index in [0.717, 1.165) is 13.0 Å². The van der Waals surface area contributed by atoms with Crippen LogP contribution in [0.4, 0.5) is 0 Å². The van der Waals surface area contributed by atoms with E-state index in [4.69, 9.17) is 5.11 Å². The molecule has 0 bridgehead atoms. The first-order chi connectivity index (χ1) is 9.74. The number of hydrogen-bond acceptors (Lipinski definition) is 3.